The summed E-state index contributed by atoms with van der Waals surface area (Å²) in [6.07, 6.45) is 0. The van der Waals surface area contributed by atoms with Crippen molar-refractivity contribution in [2.75, 3.05) is 31.3 Å². The van der Waals surface area contributed by atoms with Crippen LogP contribution in [-0.2, 0) is 4.74 Å². The molecule has 2 aliphatic heterocycles. The molecule has 3 rings (SSSR count). The van der Waals surface area contributed by atoms with Crippen LogP contribution in [0.2, 0.25) is 0 Å². The molecule has 4 nitrogen and oxygen atoms in total. The van der Waals surface area contributed by atoms with Crippen molar-refractivity contribution >= 4 is 42.0 Å². The first-order valence-corrected chi connectivity index (χ1v) is 8.05. The molecule has 0 amide bonds. The predicted molar refractivity (Wildman–Crippen MR) is 80.0 cm³/mol. The number of thioether (sulfide) groups is 1. The standard InChI is InChI=1S/C11H15N3OS3/c12-18-9-3-1-2-8-10(9)14(11(16)17-8)13-4-6-15-7-5-13/h1-3,11,16H,4-7,12H2. The molecule has 0 aromatic heterocycles. The van der Waals surface area contributed by atoms with Crippen LogP contribution in [0.1, 0.15) is 0 Å². The molecule has 98 valence electrons. The first-order chi connectivity index (χ1) is 8.81. The molecule has 1 atom stereocenters. The summed E-state index contributed by atoms with van der Waals surface area (Å²) in [5.74, 6) is 0. The summed E-state index contributed by atoms with van der Waals surface area (Å²) < 4.78 is 5.53. The number of thiol groups is 1. The highest BCUT2D eigenvalue weighted by molar-refractivity contribution is 8.11. The maximum absolute atomic E-state index is 5.77. The van der Waals surface area contributed by atoms with Crippen molar-refractivity contribution in [2.45, 2.75) is 14.5 Å². The normalized spacial score (nSPS) is 24.3. The molecule has 1 aromatic rings. The van der Waals surface area contributed by atoms with Gasteiger partial charge in [0.1, 0.15) is 4.71 Å². The lowest BCUT2D eigenvalue weighted by Crippen LogP contribution is -2.50. The van der Waals surface area contributed by atoms with Gasteiger partial charge in [0.15, 0.2) is 0 Å². The highest BCUT2D eigenvalue weighted by Crippen LogP contribution is 2.49. The molecule has 0 radical (unpaired) electrons. The van der Waals surface area contributed by atoms with Gasteiger partial charge in [-0.25, -0.2) is 5.01 Å². The molecule has 7 heteroatoms. The van der Waals surface area contributed by atoms with Gasteiger partial charge in [-0.05, 0) is 24.1 Å². The van der Waals surface area contributed by atoms with Crippen molar-refractivity contribution in [3.63, 3.8) is 0 Å². The molecule has 0 saturated carbocycles. The summed E-state index contributed by atoms with van der Waals surface area (Å²) in [4.78, 5) is 2.35. The van der Waals surface area contributed by atoms with E-state index in [-0.39, 0.29) is 4.71 Å². The zero-order valence-electron chi connectivity index (χ0n) is 9.78. The van der Waals surface area contributed by atoms with Crippen LogP contribution in [0, 0.1) is 0 Å². The highest BCUT2D eigenvalue weighted by atomic mass is 32.2. The Kier molecular flexibility index (Phi) is 3.97. The molecule has 0 spiro atoms. The lowest BCUT2D eigenvalue weighted by atomic mass is 10.3. The number of rotatable bonds is 2. The number of hydrogen-bond donors (Lipinski definition) is 2. The average molecular weight is 301 g/mol. The van der Waals surface area contributed by atoms with Gasteiger partial charge in [-0.1, -0.05) is 17.8 Å². The predicted octanol–water partition coefficient (Wildman–Crippen LogP) is 2.03. The Morgan fingerprint density at radius 3 is 2.89 bits per heavy atom. The summed E-state index contributed by atoms with van der Waals surface area (Å²) >= 11 is 7.74. The van der Waals surface area contributed by atoms with E-state index in [1.807, 2.05) is 6.07 Å². The largest absolute Gasteiger partial charge is 0.379 e. The van der Waals surface area contributed by atoms with Gasteiger partial charge in [-0.15, -0.1) is 12.6 Å². The third-order valence-corrected chi connectivity index (χ3v) is 5.16. The van der Waals surface area contributed by atoms with Crippen LogP contribution >= 0.6 is 36.3 Å². The maximum Gasteiger partial charge on any atom is 0.138 e. The van der Waals surface area contributed by atoms with E-state index in [2.05, 4.69) is 34.8 Å². The fourth-order valence-corrected chi connectivity index (χ4v) is 4.42. The van der Waals surface area contributed by atoms with Gasteiger partial charge in [-0.2, -0.15) is 0 Å². The van der Waals surface area contributed by atoms with Crippen molar-refractivity contribution in [1.82, 2.24) is 5.01 Å². The van der Waals surface area contributed by atoms with Gasteiger partial charge in [0, 0.05) is 22.9 Å². The van der Waals surface area contributed by atoms with Gasteiger partial charge in [-0.3, -0.25) is 10.1 Å². The van der Waals surface area contributed by atoms with Crippen LogP contribution in [0.3, 0.4) is 0 Å². The number of ether oxygens (including phenoxy) is 1. The van der Waals surface area contributed by atoms with Crippen molar-refractivity contribution in [3.8, 4) is 0 Å². The maximum atomic E-state index is 5.77. The first-order valence-electron chi connectivity index (χ1n) is 5.77. The monoisotopic (exact) mass is 301 g/mol. The number of anilines is 1. The molecule has 1 fully saturated rings. The van der Waals surface area contributed by atoms with E-state index in [9.17, 15) is 0 Å². The molecule has 0 bridgehead atoms. The summed E-state index contributed by atoms with van der Waals surface area (Å²) in [5.41, 5.74) is 1.19. The number of para-hydroxylation sites is 1. The van der Waals surface area contributed by atoms with E-state index in [0.29, 0.717) is 0 Å². The molecular weight excluding hydrogens is 286 g/mol. The Morgan fingerprint density at radius 1 is 1.39 bits per heavy atom. The van der Waals surface area contributed by atoms with E-state index in [1.165, 1.54) is 22.5 Å². The Balaban J connectivity index is 1.96. The first kappa shape index (κ1) is 13.0. The third-order valence-electron chi connectivity index (χ3n) is 3.05. The van der Waals surface area contributed by atoms with Crippen LogP contribution in [0.15, 0.2) is 28.0 Å². The topological polar surface area (TPSA) is 41.7 Å². The second-order valence-electron chi connectivity index (χ2n) is 4.08. The van der Waals surface area contributed by atoms with E-state index in [0.717, 1.165) is 31.2 Å². The number of fused-ring (bicyclic) bond motifs is 1. The van der Waals surface area contributed by atoms with Gasteiger partial charge < -0.3 is 4.74 Å². The molecule has 0 aliphatic carbocycles. The lowest BCUT2D eigenvalue weighted by Gasteiger charge is -2.38. The summed E-state index contributed by atoms with van der Waals surface area (Å²) in [7, 11) is 0. The molecule has 18 heavy (non-hydrogen) atoms. The molecular formula is C11H15N3OS3. The number of hydrazine groups is 1. The van der Waals surface area contributed by atoms with Crippen molar-refractivity contribution in [3.05, 3.63) is 18.2 Å². The minimum absolute atomic E-state index is 0.117. The molecule has 1 saturated heterocycles. The molecule has 2 heterocycles. The fraction of sp³-hybridized carbons (Fsp3) is 0.455. The average Bonchev–Trinajstić information content (AvgIpc) is 2.75. The van der Waals surface area contributed by atoms with Crippen molar-refractivity contribution in [1.29, 1.82) is 0 Å². The van der Waals surface area contributed by atoms with E-state index in [4.69, 9.17) is 9.88 Å². The fourth-order valence-electron chi connectivity index (χ4n) is 2.24. The van der Waals surface area contributed by atoms with Crippen LogP contribution in [0.4, 0.5) is 5.69 Å². The zero-order chi connectivity index (χ0) is 12.5. The minimum Gasteiger partial charge on any atom is -0.379 e. The quantitative estimate of drug-likeness (QED) is 0.643. The van der Waals surface area contributed by atoms with Crippen LogP contribution in [-0.4, -0.2) is 36.0 Å². The molecule has 1 aromatic carbocycles. The summed E-state index contributed by atoms with van der Waals surface area (Å²) in [6.45, 7) is 3.35. The highest BCUT2D eigenvalue weighted by Gasteiger charge is 2.34. The van der Waals surface area contributed by atoms with Gasteiger partial charge in [0.05, 0.1) is 18.9 Å². The number of benzene rings is 1. The SMILES string of the molecule is NSc1cccc2c1N(N1CCOCC1)C(S)S2. The Morgan fingerprint density at radius 2 is 2.17 bits per heavy atom. The number of nitrogens with two attached hydrogens (primary N) is 1. The van der Waals surface area contributed by atoms with Gasteiger partial charge in [0.25, 0.3) is 0 Å². The number of hydrogen-bond acceptors (Lipinski definition) is 7. The summed E-state index contributed by atoms with van der Waals surface area (Å²) in [5, 5.41) is 10.3. The minimum atomic E-state index is 0.117. The molecule has 2 aliphatic rings. The second-order valence-corrected chi connectivity index (χ2v) is 6.71. The zero-order valence-corrected chi connectivity index (χ0v) is 12.3. The van der Waals surface area contributed by atoms with Crippen molar-refractivity contribution in [2.24, 2.45) is 5.14 Å². The van der Waals surface area contributed by atoms with E-state index >= 15 is 0 Å². The Hall–Kier alpha value is -0.0500. The Bertz CT molecular complexity index is 440. The van der Waals surface area contributed by atoms with E-state index in [1.54, 1.807) is 11.8 Å². The number of morpholine rings is 1. The van der Waals surface area contributed by atoms with Gasteiger partial charge in [0.2, 0.25) is 0 Å². The van der Waals surface area contributed by atoms with E-state index < -0.39 is 0 Å². The number of nitrogens with zero attached hydrogens (tertiary/aromatic N) is 2. The lowest BCUT2D eigenvalue weighted by molar-refractivity contribution is 0.0330. The molecule has 2 N–H and O–H groups in total. The third kappa shape index (κ3) is 2.23. The van der Waals surface area contributed by atoms with Crippen LogP contribution in [0.5, 0.6) is 0 Å². The summed E-state index contributed by atoms with van der Waals surface area (Å²) in [6, 6.07) is 6.23. The Labute approximate surface area is 121 Å². The van der Waals surface area contributed by atoms with Gasteiger partial charge >= 0.3 is 0 Å². The smallest absolute Gasteiger partial charge is 0.138 e. The van der Waals surface area contributed by atoms with Crippen LogP contribution in [0.25, 0.3) is 0 Å². The van der Waals surface area contributed by atoms with Crippen LogP contribution < -0.4 is 10.1 Å². The van der Waals surface area contributed by atoms with Crippen molar-refractivity contribution < 1.29 is 4.74 Å². The second kappa shape index (κ2) is 5.52. The molecule has 1 unspecified atom stereocenters.